The molecule has 2 aromatic carbocycles. The molecule has 0 aliphatic carbocycles. The Kier molecular flexibility index (Phi) is 3.58. The van der Waals surface area contributed by atoms with Gasteiger partial charge in [-0.1, -0.05) is 22.0 Å². The van der Waals surface area contributed by atoms with Gasteiger partial charge in [-0.25, -0.2) is 0 Å². The lowest BCUT2D eigenvalue weighted by atomic mass is 10.1. The molecule has 0 unspecified atom stereocenters. The van der Waals surface area contributed by atoms with Crippen LogP contribution in [0.5, 0.6) is 0 Å². The van der Waals surface area contributed by atoms with Crippen LogP contribution in [0.3, 0.4) is 0 Å². The lowest BCUT2D eigenvalue weighted by molar-refractivity contribution is 0.102. The number of pyridine rings is 1. The van der Waals surface area contributed by atoms with Gasteiger partial charge in [-0.05, 0) is 42.5 Å². The normalized spacial score (nSPS) is 10.5. The van der Waals surface area contributed by atoms with Crippen LogP contribution in [0.1, 0.15) is 10.4 Å². The second-order valence-corrected chi connectivity index (χ2v) is 5.45. The van der Waals surface area contributed by atoms with Gasteiger partial charge in [0, 0.05) is 32.7 Å². The molecule has 0 atom stereocenters. The summed E-state index contributed by atoms with van der Waals surface area (Å²) in [5.41, 5.74) is 0.999. The summed E-state index contributed by atoms with van der Waals surface area (Å²) in [4.78, 5) is 26.6. The largest absolute Gasteiger partial charge is 0.329 e. The molecule has 3 aromatic rings. The van der Waals surface area contributed by atoms with Gasteiger partial charge in [0.25, 0.3) is 11.5 Å². The molecule has 0 saturated heterocycles. The minimum Gasteiger partial charge on any atom is -0.329 e. The number of nitrogens with one attached hydrogen (secondary N) is 2. The van der Waals surface area contributed by atoms with Gasteiger partial charge in [0.15, 0.2) is 0 Å². The number of aromatic amines is 1. The van der Waals surface area contributed by atoms with E-state index in [-0.39, 0.29) is 11.5 Å². The van der Waals surface area contributed by atoms with Gasteiger partial charge in [-0.2, -0.15) is 0 Å². The van der Waals surface area contributed by atoms with E-state index >= 15 is 0 Å². The molecule has 5 heteroatoms. The van der Waals surface area contributed by atoms with Crippen LogP contribution in [0.2, 0.25) is 0 Å². The second kappa shape index (κ2) is 5.54. The minimum absolute atomic E-state index is 0.174. The predicted molar refractivity (Wildman–Crippen MR) is 86.7 cm³/mol. The first-order chi connectivity index (χ1) is 10.1. The van der Waals surface area contributed by atoms with Crippen LogP contribution in [-0.2, 0) is 0 Å². The third kappa shape index (κ3) is 2.73. The summed E-state index contributed by atoms with van der Waals surface area (Å²) in [6.45, 7) is 0. The highest BCUT2D eigenvalue weighted by Crippen LogP contribution is 2.21. The Morgan fingerprint density at radius 3 is 2.52 bits per heavy atom. The molecule has 4 nitrogen and oxygen atoms in total. The molecular formula is C16H11BrN2O2. The molecule has 0 aliphatic rings. The van der Waals surface area contributed by atoms with Gasteiger partial charge < -0.3 is 10.3 Å². The Morgan fingerprint density at radius 1 is 1.00 bits per heavy atom. The summed E-state index contributed by atoms with van der Waals surface area (Å²) in [6.07, 6.45) is 1.57. The Bertz CT molecular complexity index is 869. The number of rotatable bonds is 2. The Labute approximate surface area is 128 Å². The van der Waals surface area contributed by atoms with E-state index in [9.17, 15) is 9.59 Å². The standard InChI is InChI=1S/C16H11BrN2O2/c17-11-6-4-10(5-7-11)15(20)19-14-3-1-2-13-12(14)8-9-18-16(13)21/h1-9H,(H,18,21)(H,19,20). The lowest BCUT2D eigenvalue weighted by Gasteiger charge is -2.08. The number of hydrogen-bond donors (Lipinski definition) is 2. The number of carbonyl (C=O) groups is 1. The van der Waals surface area contributed by atoms with Crippen molar-refractivity contribution in [1.29, 1.82) is 0 Å². The van der Waals surface area contributed by atoms with E-state index in [2.05, 4.69) is 26.2 Å². The van der Waals surface area contributed by atoms with Crippen molar-refractivity contribution in [2.45, 2.75) is 0 Å². The maximum atomic E-state index is 12.2. The first kappa shape index (κ1) is 13.6. The average Bonchev–Trinajstić information content (AvgIpc) is 2.49. The van der Waals surface area contributed by atoms with Crippen molar-refractivity contribution in [3.8, 4) is 0 Å². The molecule has 2 N–H and O–H groups in total. The number of aromatic nitrogens is 1. The minimum atomic E-state index is -0.213. The van der Waals surface area contributed by atoms with Gasteiger partial charge in [0.05, 0.1) is 0 Å². The van der Waals surface area contributed by atoms with Crippen molar-refractivity contribution in [3.63, 3.8) is 0 Å². The van der Waals surface area contributed by atoms with Gasteiger partial charge in [0.1, 0.15) is 0 Å². The molecule has 1 amide bonds. The highest BCUT2D eigenvalue weighted by molar-refractivity contribution is 9.10. The summed E-state index contributed by atoms with van der Waals surface area (Å²) in [5, 5.41) is 4.10. The molecule has 1 aromatic heterocycles. The Morgan fingerprint density at radius 2 is 1.76 bits per heavy atom. The van der Waals surface area contributed by atoms with E-state index < -0.39 is 0 Å². The number of fused-ring (bicyclic) bond motifs is 1. The maximum absolute atomic E-state index is 12.2. The molecular weight excluding hydrogens is 332 g/mol. The van der Waals surface area contributed by atoms with Crippen LogP contribution in [-0.4, -0.2) is 10.9 Å². The maximum Gasteiger partial charge on any atom is 0.255 e. The van der Waals surface area contributed by atoms with Crippen LogP contribution in [0, 0.1) is 0 Å². The van der Waals surface area contributed by atoms with Gasteiger partial charge in [-0.15, -0.1) is 0 Å². The zero-order valence-corrected chi connectivity index (χ0v) is 12.5. The fraction of sp³-hybridized carbons (Fsp3) is 0. The van der Waals surface area contributed by atoms with E-state index in [0.29, 0.717) is 22.0 Å². The van der Waals surface area contributed by atoms with Gasteiger partial charge in [-0.3, -0.25) is 9.59 Å². The average molecular weight is 343 g/mol. The fourth-order valence-corrected chi connectivity index (χ4v) is 2.39. The van der Waals surface area contributed by atoms with E-state index in [1.807, 2.05) is 12.1 Å². The molecule has 21 heavy (non-hydrogen) atoms. The molecule has 0 bridgehead atoms. The Hall–Kier alpha value is -2.40. The zero-order valence-electron chi connectivity index (χ0n) is 10.9. The SMILES string of the molecule is O=C(Nc1cccc2c(=O)[nH]ccc12)c1ccc(Br)cc1. The summed E-state index contributed by atoms with van der Waals surface area (Å²) in [6, 6.07) is 14.1. The molecule has 0 aliphatic heterocycles. The number of benzene rings is 2. The van der Waals surface area contributed by atoms with Crippen molar-refractivity contribution in [2.75, 3.05) is 5.32 Å². The molecule has 1 heterocycles. The number of H-pyrrole nitrogens is 1. The number of carbonyl (C=O) groups excluding carboxylic acids is 1. The van der Waals surface area contributed by atoms with Crippen molar-refractivity contribution in [1.82, 2.24) is 4.98 Å². The first-order valence-electron chi connectivity index (χ1n) is 6.32. The molecule has 104 valence electrons. The number of amides is 1. The lowest BCUT2D eigenvalue weighted by Crippen LogP contribution is -2.13. The van der Waals surface area contributed by atoms with Crippen LogP contribution in [0.4, 0.5) is 5.69 Å². The molecule has 3 rings (SSSR count). The number of hydrogen-bond acceptors (Lipinski definition) is 2. The fourth-order valence-electron chi connectivity index (χ4n) is 2.13. The smallest absolute Gasteiger partial charge is 0.255 e. The second-order valence-electron chi connectivity index (χ2n) is 4.53. The van der Waals surface area contributed by atoms with Crippen LogP contribution >= 0.6 is 15.9 Å². The van der Waals surface area contributed by atoms with E-state index in [0.717, 1.165) is 4.47 Å². The summed E-state index contributed by atoms with van der Waals surface area (Å²) < 4.78 is 0.913. The van der Waals surface area contributed by atoms with Crippen molar-refractivity contribution in [3.05, 3.63) is 75.1 Å². The summed E-state index contributed by atoms with van der Waals surface area (Å²) >= 11 is 3.33. The summed E-state index contributed by atoms with van der Waals surface area (Å²) in [7, 11) is 0. The highest BCUT2D eigenvalue weighted by Gasteiger charge is 2.09. The van der Waals surface area contributed by atoms with E-state index in [1.54, 1.807) is 42.6 Å². The van der Waals surface area contributed by atoms with Crippen molar-refractivity contribution >= 4 is 38.3 Å². The summed E-state index contributed by atoms with van der Waals surface area (Å²) in [5.74, 6) is -0.213. The predicted octanol–water partition coefficient (Wildman–Crippen LogP) is 3.54. The molecule has 0 saturated carbocycles. The van der Waals surface area contributed by atoms with Crippen molar-refractivity contribution < 1.29 is 4.79 Å². The molecule has 0 spiro atoms. The van der Waals surface area contributed by atoms with Crippen LogP contribution in [0.25, 0.3) is 10.8 Å². The van der Waals surface area contributed by atoms with Crippen LogP contribution < -0.4 is 10.9 Å². The van der Waals surface area contributed by atoms with E-state index in [1.165, 1.54) is 0 Å². The van der Waals surface area contributed by atoms with Gasteiger partial charge in [0.2, 0.25) is 0 Å². The third-order valence-corrected chi connectivity index (χ3v) is 3.70. The topological polar surface area (TPSA) is 62.0 Å². The number of anilines is 1. The zero-order chi connectivity index (χ0) is 14.8. The highest BCUT2D eigenvalue weighted by atomic mass is 79.9. The van der Waals surface area contributed by atoms with Crippen molar-refractivity contribution in [2.24, 2.45) is 0 Å². The molecule has 0 fully saturated rings. The Balaban J connectivity index is 1.98. The number of halogens is 1. The first-order valence-corrected chi connectivity index (χ1v) is 7.12. The molecule has 0 radical (unpaired) electrons. The van der Waals surface area contributed by atoms with Crippen LogP contribution in [0.15, 0.2) is 64.0 Å². The quantitative estimate of drug-likeness (QED) is 0.748. The van der Waals surface area contributed by atoms with Gasteiger partial charge >= 0.3 is 0 Å². The monoisotopic (exact) mass is 342 g/mol. The van der Waals surface area contributed by atoms with E-state index in [4.69, 9.17) is 0 Å². The third-order valence-electron chi connectivity index (χ3n) is 3.17.